The van der Waals surface area contributed by atoms with Crippen molar-refractivity contribution in [2.45, 2.75) is 36.4 Å². The lowest BCUT2D eigenvalue weighted by Gasteiger charge is -2.11. The van der Waals surface area contributed by atoms with Gasteiger partial charge in [-0.1, -0.05) is 41.0 Å². The number of nitrogens with one attached hydrogen (secondary N) is 1. The largest absolute Gasteiger partial charge is 0.376 e. The Morgan fingerprint density at radius 3 is 3.00 bits per heavy atom. The van der Waals surface area contributed by atoms with E-state index in [9.17, 15) is 4.79 Å². The highest BCUT2D eigenvalue weighted by Gasteiger charge is 2.19. The number of aromatic amines is 1. The van der Waals surface area contributed by atoms with Gasteiger partial charge in [-0.15, -0.1) is 5.10 Å². The summed E-state index contributed by atoms with van der Waals surface area (Å²) in [7, 11) is 0. The van der Waals surface area contributed by atoms with E-state index < -0.39 is 0 Å². The molecule has 5 nitrogen and oxygen atoms in total. The van der Waals surface area contributed by atoms with E-state index in [-0.39, 0.29) is 11.8 Å². The normalized spacial score (nSPS) is 18.0. The van der Waals surface area contributed by atoms with Gasteiger partial charge in [-0.3, -0.25) is 4.57 Å². The third-order valence-corrected chi connectivity index (χ3v) is 5.27. The molecule has 3 rings (SSSR count). The zero-order chi connectivity index (χ0) is 15.5. The van der Waals surface area contributed by atoms with Gasteiger partial charge in [-0.05, 0) is 30.5 Å². The number of H-pyrrole nitrogens is 1. The van der Waals surface area contributed by atoms with Gasteiger partial charge in [-0.2, -0.15) is 0 Å². The van der Waals surface area contributed by atoms with Crippen molar-refractivity contribution in [1.82, 2.24) is 14.8 Å². The molecule has 0 saturated carbocycles. The molecule has 2 aromatic rings. The lowest BCUT2D eigenvalue weighted by molar-refractivity contribution is 0.0941. The first kappa shape index (κ1) is 15.9. The Balaban J connectivity index is 1.69. The molecule has 1 N–H and O–H groups in total. The number of ether oxygens (including phenoxy) is 1. The monoisotopic (exact) mass is 359 g/mol. The van der Waals surface area contributed by atoms with Crippen LogP contribution in [0.15, 0.2) is 28.2 Å². The lowest BCUT2D eigenvalue weighted by atomic mass is 10.2. The van der Waals surface area contributed by atoms with E-state index in [1.165, 1.54) is 11.8 Å². The predicted octanol–water partition coefficient (Wildman–Crippen LogP) is 3.35. The first-order valence-corrected chi connectivity index (χ1v) is 8.71. The minimum absolute atomic E-state index is 0.0969. The molecule has 0 radical (unpaired) electrons. The molecule has 8 heteroatoms. The smallest absolute Gasteiger partial charge is 0.344 e. The van der Waals surface area contributed by atoms with Crippen molar-refractivity contribution in [2.75, 3.05) is 6.61 Å². The Hall–Kier alpha value is -0.950. The van der Waals surface area contributed by atoms with Crippen LogP contribution in [-0.4, -0.2) is 27.5 Å². The second-order valence-electron chi connectivity index (χ2n) is 5.09. The Morgan fingerprint density at radius 1 is 1.41 bits per heavy atom. The van der Waals surface area contributed by atoms with Crippen molar-refractivity contribution in [3.63, 3.8) is 0 Å². The topological polar surface area (TPSA) is 59.9 Å². The Bertz CT molecular complexity index is 710. The first-order chi connectivity index (χ1) is 10.6. The van der Waals surface area contributed by atoms with E-state index in [1.54, 1.807) is 10.6 Å². The van der Waals surface area contributed by atoms with Gasteiger partial charge < -0.3 is 4.74 Å². The molecule has 0 amide bonds. The summed E-state index contributed by atoms with van der Waals surface area (Å²) in [5.74, 6) is 0.659. The van der Waals surface area contributed by atoms with E-state index >= 15 is 0 Å². The number of halogens is 2. The van der Waals surface area contributed by atoms with Crippen molar-refractivity contribution in [1.29, 1.82) is 0 Å². The number of nitrogens with zero attached hydrogens (tertiary/aromatic N) is 2. The maximum absolute atomic E-state index is 11.9. The Morgan fingerprint density at radius 2 is 2.27 bits per heavy atom. The van der Waals surface area contributed by atoms with E-state index in [0.717, 1.165) is 25.0 Å². The number of rotatable bonds is 5. The second-order valence-corrected chi connectivity index (χ2v) is 6.85. The van der Waals surface area contributed by atoms with Gasteiger partial charge in [0, 0.05) is 12.4 Å². The molecule has 1 aromatic carbocycles. The van der Waals surface area contributed by atoms with E-state index in [2.05, 4.69) is 10.2 Å². The molecule has 1 fully saturated rings. The summed E-state index contributed by atoms with van der Waals surface area (Å²) in [4.78, 5) is 11.9. The van der Waals surface area contributed by atoms with Crippen LogP contribution in [0.5, 0.6) is 0 Å². The van der Waals surface area contributed by atoms with Crippen LogP contribution >= 0.6 is 35.0 Å². The molecule has 0 spiro atoms. The molecule has 0 unspecified atom stereocenters. The zero-order valence-corrected chi connectivity index (χ0v) is 14.0. The van der Waals surface area contributed by atoms with Crippen LogP contribution in [-0.2, 0) is 17.0 Å². The molecular formula is C14H15Cl2N3O2S. The van der Waals surface area contributed by atoms with Crippen LogP contribution in [0.1, 0.15) is 18.4 Å². The summed E-state index contributed by atoms with van der Waals surface area (Å²) in [6.07, 6.45) is 2.12. The zero-order valence-electron chi connectivity index (χ0n) is 11.7. The standard InChI is InChI=1S/C14H15Cl2N3O2S/c15-11-4-3-9(6-12(11)16)8-22-14-18-17-13(20)19(14)7-10-2-1-5-21-10/h3-4,6,10H,1-2,5,7-8H2,(H,17,20)/t10-/m1/s1. The summed E-state index contributed by atoms with van der Waals surface area (Å²) in [6.45, 7) is 1.31. The Labute approximate surface area is 142 Å². The van der Waals surface area contributed by atoms with Gasteiger partial charge in [-0.25, -0.2) is 9.89 Å². The van der Waals surface area contributed by atoms with Crippen LogP contribution in [0, 0.1) is 0 Å². The molecule has 1 aliphatic heterocycles. The lowest BCUT2D eigenvalue weighted by Crippen LogP contribution is -2.24. The fourth-order valence-electron chi connectivity index (χ4n) is 2.34. The van der Waals surface area contributed by atoms with Crippen molar-refractivity contribution in [3.05, 3.63) is 44.3 Å². The minimum Gasteiger partial charge on any atom is -0.376 e. The number of hydrogen-bond acceptors (Lipinski definition) is 4. The van der Waals surface area contributed by atoms with Crippen molar-refractivity contribution >= 4 is 35.0 Å². The molecule has 1 aliphatic rings. The molecule has 118 valence electrons. The SMILES string of the molecule is O=c1[nH]nc(SCc2ccc(Cl)c(Cl)c2)n1C[C@H]1CCCO1. The van der Waals surface area contributed by atoms with Crippen molar-refractivity contribution in [2.24, 2.45) is 0 Å². The van der Waals surface area contributed by atoms with Crippen molar-refractivity contribution in [3.8, 4) is 0 Å². The maximum atomic E-state index is 11.9. The van der Waals surface area contributed by atoms with E-state index in [0.29, 0.717) is 27.5 Å². The molecule has 1 aromatic heterocycles. The van der Waals surface area contributed by atoms with Gasteiger partial charge in [0.1, 0.15) is 0 Å². The highest BCUT2D eigenvalue weighted by atomic mass is 35.5. The summed E-state index contributed by atoms with van der Waals surface area (Å²) < 4.78 is 7.22. The average Bonchev–Trinajstić information content (AvgIpc) is 3.13. The quantitative estimate of drug-likeness (QED) is 0.831. The first-order valence-electron chi connectivity index (χ1n) is 6.97. The van der Waals surface area contributed by atoms with Gasteiger partial charge in [0.2, 0.25) is 0 Å². The van der Waals surface area contributed by atoms with E-state index in [4.69, 9.17) is 27.9 Å². The van der Waals surface area contributed by atoms with Crippen LogP contribution in [0.2, 0.25) is 10.0 Å². The van der Waals surface area contributed by atoms with Gasteiger partial charge in [0.05, 0.1) is 22.7 Å². The number of thioether (sulfide) groups is 1. The minimum atomic E-state index is -0.202. The number of aromatic nitrogens is 3. The molecular weight excluding hydrogens is 345 g/mol. The summed E-state index contributed by atoms with van der Waals surface area (Å²) in [5, 5.41) is 8.31. The third kappa shape index (κ3) is 3.68. The number of benzene rings is 1. The fourth-order valence-corrected chi connectivity index (χ4v) is 3.56. The highest BCUT2D eigenvalue weighted by molar-refractivity contribution is 7.98. The van der Waals surface area contributed by atoms with Crippen LogP contribution in [0.3, 0.4) is 0 Å². The maximum Gasteiger partial charge on any atom is 0.344 e. The predicted molar refractivity (Wildman–Crippen MR) is 87.8 cm³/mol. The van der Waals surface area contributed by atoms with Gasteiger partial charge in [0.15, 0.2) is 5.16 Å². The summed E-state index contributed by atoms with van der Waals surface area (Å²) in [6, 6.07) is 5.51. The Kier molecular flexibility index (Phi) is 5.13. The molecule has 1 saturated heterocycles. The third-order valence-electron chi connectivity index (χ3n) is 3.49. The van der Waals surface area contributed by atoms with Gasteiger partial charge >= 0.3 is 5.69 Å². The summed E-state index contributed by atoms with van der Waals surface area (Å²) in [5.41, 5.74) is 0.825. The molecule has 2 heterocycles. The molecule has 0 bridgehead atoms. The fraction of sp³-hybridized carbons (Fsp3) is 0.429. The molecule has 0 aliphatic carbocycles. The summed E-state index contributed by atoms with van der Waals surface area (Å²) >= 11 is 13.4. The van der Waals surface area contributed by atoms with Crippen LogP contribution in [0.25, 0.3) is 0 Å². The van der Waals surface area contributed by atoms with E-state index in [1.807, 2.05) is 12.1 Å². The van der Waals surface area contributed by atoms with Gasteiger partial charge in [0.25, 0.3) is 0 Å². The molecule has 22 heavy (non-hydrogen) atoms. The highest BCUT2D eigenvalue weighted by Crippen LogP contribution is 2.27. The number of hydrogen-bond donors (Lipinski definition) is 1. The second kappa shape index (κ2) is 7.08. The van der Waals surface area contributed by atoms with Crippen LogP contribution in [0.4, 0.5) is 0 Å². The van der Waals surface area contributed by atoms with Crippen LogP contribution < -0.4 is 5.69 Å². The van der Waals surface area contributed by atoms with Crippen molar-refractivity contribution < 1.29 is 4.74 Å². The molecule has 1 atom stereocenters. The average molecular weight is 360 g/mol.